The predicted molar refractivity (Wildman–Crippen MR) is 75.6 cm³/mol. The van der Waals surface area contributed by atoms with Gasteiger partial charge in [-0.2, -0.15) is 5.10 Å². The first-order valence-corrected chi connectivity index (χ1v) is 6.76. The van der Waals surface area contributed by atoms with Crippen molar-refractivity contribution >= 4 is 0 Å². The molecule has 0 aliphatic heterocycles. The van der Waals surface area contributed by atoms with E-state index in [1.165, 1.54) is 23.1 Å². The van der Waals surface area contributed by atoms with Gasteiger partial charge in [-0.05, 0) is 43.4 Å². The smallest absolute Gasteiger partial charge is 0.0964 e. The number of hydrogen-bond donors (Lipinski definition) is 0. The molecule has 0 atom stereocenters. The van der Waals surface area contributed by atoms with E-state index < -0.39 is 0 Å². The molecule has 0 amide bonds. The van der Waals surface area contributed by atoms with E-state index in [1.807, 2.05) is 20.8 Å². The molecule has 1 aromatic heterocycles. The van der Waals surface area contributed by atoms with Gasteiger partial charge >= 0.3 is 0 Å². The lowest BCUT2D eigenvalue weighted by atomic mass is 10.0. The Hall–Kier alpha value is -1.70. The van der Waals surface area contributed by atoms with Crippen molar-refractivity contribution < 1.29 is 0 Å². The molecule has 0 fully saturated rings. The molecule has 0 unspecified atom stereocenters. The molecule has 0 bridgehead atoms. The summed E-state index contributed by atoms with van der Waals surface area (Å²) >= 11 is 0. The van der Waals surface area contributed by atoms with Gasteiger partial charge in [0.2, 0.25) is 0 Å². The van der Waals surface area contributed by atoms with Crippen LogP contribution < -0.4 is 0 Å². The Kier molecular flexibility index (Phi) is 4.08. The van der Waals surface area contributed by atoms with Crippen molar-refractivity contribution in [3.63, 3.8) is 0 Å². The molecule has 0 N–H and O–H groups in total. The largest absolute Gasteiger partial charge is 0.155 e. The topological polar surface area (TPSA) is 25.8 Å². The van der Waals surface area contributed by atoms with Crippen LogP contribution in [0, 0.1) is 6.92 Å². The lowest BCUT2D eigenvalue weighted by molar-refractivity contribution is 0.826. The maximum Gasteiger partial charge on any atom is 0.0964 e. The number of aromatic nitrogens is 2. The summed E-state index contributed by atoms with van der Waals surface area (Å²) in [7, 11) is 0. The van der Waals surface area contributed by atoms with Crippen molar-refractivity contribution in [2.45, 2.75) is 40.0 Å². The van der Waals surface area contributed by atoms with Gasteiger partial charge in [-0.15, -0.1) is 5.10 Å². The molecule has 1 heterocycles. The highest BCUT2D eigenvalue weighted by atomic mass is 15.1. The van der Waals surface area contributed by atoms with Crippen molar-refractivity contribution in [3.05, 3.63) is 47.2 Å². The van der Waals surface area contributed by atoms with Crippen molar-refractivity contribution in [1.29, 1.82) is 0 Å². The number of aryl methyl sites for hydroxylation is 3. The van der Waals surface area contributed by atoms with Crippen molar-refractivity contribution in [3.8, 4) is 11.3 Å². The molecule has 2 nitrogen and oxygen atoms in total. The van der Waals surface area contributed by atoms with Crippen molar-refractivity contribution in [1.82, 2.24) is 10.2 Å². The molecule has 0 radical (unpaired) electrons. The van der Waals surface area contributed by atoms with Gasteiger partial charge in [-0.25, -0.2) is 0 Å². The van der Waals surface area contributed by atoms with Crippen LogP contribution in [0.25, 0.3) is 11.3 Å². The Morgan fingerprint density at radius 2 is 1.67 bits per heavy atom. The minimum absolute atomic E-state index is 1.01. The van der Waals surface area contributed by atoms with Crippen LogP contribution in [0.2, 0.25) is 0 Å². The number of rotatable bonds is 0. The van der Waals surface area contributed by atoms with Crippen LogP contribution >= 0.6 is 0 Å². The van der Waals surface area contributed by atoms with Gasteiger partial charge in [0.25, 0.3) is 0 Å². The van der Waals surface area contributed by atoms with Gasteiger partial charge in [0.1, 0.15) is 0 Å². The molecular weight excluding hydrogens is 220 g/mol. The summed E-state index contributed by atoms with van der Waals surface area (Å²) in [6.07, 6.45) is 3.46. The van der Waals surface area contributed by atoms with Gasteiger partial charge in [0.05, 0.1) is 11.4 Å². The maximum absolute atomic E-state index is 4.37. The quantitative estimate of drug-likeness (QED) is 0.696. The van der Waals surface area contributed by atoms with E-state index in [2.05, 4.69) is 40.5 Å². The monoisotopic (exact) mass is 240 g/mol. The fraction of sp³-hybridized carbons (Fsp3) is 0.375. The molecule has 2 aromatic rings. The number of fused-ring (bicyclic) bond motifs is 3. The summed E-state index contributed by atoms with van der Waals surface area (Å²) in [5, 5.41) is 8.55. The zero-order valence-electron chi connectivity index (χ0n) is 11.4. The highest BCUT2D eigenvalue weighted by Crippen LogP contribution is 2.30. The van der Waals surface area contributed by atoms with Gasteiger partial charge in [0.15, 0.2) is 0 Å². The summed E-state index contributed by atoms with van der Waals surface area (Å²) in [5.74, 6) is 0. The SMILES string of the molecule is CC.Cc1cc2c(nn1)-c1ccccc1CCC2. The van der Waals surface area contributed by atoms with E-state index in [1.54, 1.807) is 0 Å². The number of benzene rings is 1. The lowest BCUT2D eigenvalue weighted by Crippen LogP contribution is -1.96. The number of hydrogen-bond acceptors (Lipinski definition) is 2. The van der Waals surface area contributed by atoms with Crippen molar-refractivity contribution in [2.24, 2.45) is 0 Å². The minimum atomic E-state index is 1.01. The summed E-state index contributed by atoms with van der Waals surface area (Å²) in [5.41, 5.74) is 6.11. The molecule has 1 aliphatic carbocycles. The lowest BCUT2D eigenvalue weighted by Gasteiger charge is -2.07. The van der Waals surface area contributed by atoms with Crippen LogP contribution in [0.4, 0.5) is 0 Å². The fourth-order valence-corrected chi connectivity index (χ4v) is 2.40. The molecule has 3 rings (SSSR count). The second-order valence-corrected chi connectivity index (χ2v) is 4.37. The average molecular weight is 240 g/mol. The first kappa shape index (κ1) is 12.7. The molecule has 1 aromatic carbocycles. The molecule has 2 heteroatoms. The minimum Gasteiger partial charge on any atom is -0.155 e. The Bertz CT molecular complexity index is 532. The molecule has 0 saturated heterocycles. The summed E-state index contributed by atoms with van der Waals surface area (Å²) < 4.78 is 0. The van der Waals surface area contributed by atoms with E-state index in [0.29, 0.717) is 0 Å². The zero-order valence-corrected chi connectivity index (χ0v) is 11.4. The Labute approximate surface area is 109 Å². The van der Waals surface area contributed by atoms with E-state index in [-0.39, 0.29) is 0 Å². The third-order valence-corrected chi connectivity index (χ3v) is 3.16. The summed E-state index contributed by atoms with van der Waals surface area (Å²) in [6, 6.07) is 10.7. The Morgan fingerprint density at radius 3 is 2.50 bits per heavy atom. The third-order valence-electron chi connectivity index (χ3n) is 3.16. The van der Waals surface area contributed by atoms with Crippen molar-refractivity contribution in [2.75, 3.05) is 0 Å². The molecule has 1 aliphatic rings. The van der Waals surface area contributed by atoms with E-state index in [4.69, 9.17) is 0 Å². The third kappa shape index (κ3) is 2.42. The normalized spacial score (nSPS) is 12.6. The van der Waals surface area contributed by atoms with Crippen LogP contribution in [0.15, 0.2) is 30.3 Å². The maximum atomic E-state index is 4.37. The first-order chi connectivity index (χ1) is 8.84. The second-order valence-electron chi connectivity index (χ2n) is 4.37. The van der Waals surface area contributed by atoms with Crippen LogP contribution in [-0.2, 0) is 12.8 Å². The van der Waals surface area contributed by atoms with E-state index in [9.17, 15) is 0 Å². The van der Waals surface area contributed by atoms with Crippen LogP contribution in [0.5, 0.6) is 0 Å². The highest BCUT2D eigenvalue weighted by Gasteiger charge is 2.15. The number of nitrogens with zero attached hydrogens (tertiary/aromatic N) is 2. The van der Waals surface area contributed by atoms with Gasteiger partial charge < -0.3 is 0 Å². The van der Waals surface area contributed by atoms with Gasteiger partial charge in [-0.3, -0.25) is 0 Å². The average Bonchev–Trinajstić information content (AvgIpc) is 2.59. The molecule has 0 saturated carbocycles. The van der Waals surface area contributed by atoms with Crippen LogP contribution in [-0.4, -0.2) is 10.2 Å². The second kappa shape index (κ2) is 5.76. The van der Waals surface area contributed by atoms with Crippen LogP contribution in [0.3, 0.4) is 0 Å². The van der Waals surface area contributed by atoms with E-state index in [0.717, 1.165) is 24.2 Å². The first-order valence-electron chi connectivity index (χ1n) is 6.76. The summed E-state index contributed by atoms with van der Waals surface area (Å²) in [4.78, 5) is 0. The predicted octanol–water partition coefficient (Wildman–Crippen LogP) is 3.97. The van der Waals surface area contributed by atoms with Gasteiger partial charge in [-0.1, -0.05) is 38.1 Å². The molecule has 18 heavy (non-hydrogen) atoms. The van der Waals surface area contributed by atoms with Crippen LogP contribution in [0.1, 0.15) is 37.1 Å². The fourth-order valence-electron chi connectivity index (χ4n) is 2.40. The molecular formula is C16H20N2. The Morgan fingerprint density at radius 1 is 0.944 bits per heavy atom. The molecule has 0 spiro atoms. The van der Waals surface area contributed by atoms with Gasteiger partial charge in [0, 0.05) is 5.56 Å². The van der Waals surface area contributed by atoms with E-state index >= 15 is 0 Å². The summed E-state index contributed by atoms with van der Waals surface area (Å²) in [6.45, 7) is 6.00. The highest BCUT2D eigenvalue weighted by molar-refractivity contribution is 5.67. The standard InChI is InChI=1S/C14H14N2.C2H6/c1-10-9-12-7-4-6-11-5-2-3-8-13(11)14(12)16-15-10;1-2/h2-3,5,8-9H,4,6-7H2,1H3;1-2H3. The zero-order chi connectivity index (χ0) is 13.0. The molecule has 94 valence electrons. The Balaban J connectivity index is 0.000000574.